The van der Waals surface area contributed by atoms with Crippen LogP contribution in [-0.2, 0) is 17.9 Å². The Balaban J connectivity index is 1.47. The van der Waals surface area contributed by atoms with Gasteiger partial charge in [-0.2, -0.15) is 0 Å². The third-order valence-corrected chi connectivity index (χ3v) is 6.86. The zero-order chi connectivity index (χ0) is 21.8. The number of benzene rings is 2. The molecule has 31 heavy (non-hydrogen) atoms. The third-order valence-electron chi connectivity index (χ3n) is 6.86. The van der Waals surface area contributed by atoms with E-state index in [1.165, 1.54) is 5.56 Å². The minimum atomic E-state index is -0.764. The van der Waals surface area contributed by atoms with Crippen LogP contribution in [-0.4, -0.2) is 57.6 Å². The van der Waals surface area contributed by atoms with Gasteiger partial charge in [-0.3, -0.25) is 14.6 Å². The molecule has 0 saturated carbocycles. The van der Waals surface area contributed by atoms with Gasteiger partial charge >= 0.3 is 0 Å². The van der Waals surface area contributed by atoms with E-state index in [0.29, 0.717) is 6.54 Å². The number of rotatable bonds is 8. The normalized spacial score (nSPS) is 25.7. The van der Waals surface area contributed by atoms with Gasteiger partial charge in [0.05, 0.1) is 11.6 Å². The van der Waals surface area contributed by atoms with Crippen molar-refractivity contribution in [2.45, 2.75) is 56.6 Å². The van der Waals surface area contributed by atoms with Crippen LogP contribution in [0.15, 0.2) is 73.3 Å². The number of hydrogen-bond acceptors (Lipinski definition) is 4. The summed E-state index contributed by atoms with van der Waals surface area (Å²) in [6.45, 7) is 8.99. The number of nitrogens with one attached hydrogen (secondary N) is 1. The molecule has 2 aliphatic rings. The first kappa shape index (κ1) is 21.8. The van der Waals surface area contributed by atoms with Crippen LogP contribution in [0.2, 0.25) is 0 Å². The van der Waals surface area contributed by atoms with E-state index in [1.54, 1.807) is 6.92 Å². The number of nitrogens with zero attached hydrogens (tertiary/aromatic N) is 2. The molecule has 5 heteroatoms. The Morgan fingerprint density at radius 1 is 1.19 bits per heavy atom. The predicted molar refractivity (Wildman–Crippen MR) is 123 cm³/mol. The van der Waals surface area contributed by atoms with E-state index >= 15 is 0 Å². The maximum Gasteiger partial charge on any atom is 0.240 e. The Labute approximate surface area is 185 Å². The van der Waals surface area contributed by atoms with Gasteiger partial charge < -0.3 is 10.4 Å². The number of carbonyl (C=O) groups is 1. The molecule has 2 heterocycles. The second-order valence-corrected chi connectivity index (χ2v) is 8.86. The summed E-state index contributed by atoms with van der Waals surface area (Å²) in [7, 11) is 0. The van der Waals surface area contributed by atoms with E-state index in [-0.39, 0.29) is 17.5 Å². The number of hydrogen-bond donors (Lipinski definition) is 2. The molecule has 5 nitrogen and oxygen atoms in total. The largest absolute Gasteiger partial charge is 0.391 e. The molecule has 2 N–H and O–H groups in total. The number of amides is 1. The van der Waals surface area contributed by atoms with Crippen molar-refractivity contribution in [2.75, 3.05) is 13.1 Å². The fraction of sp³-hybridized carbons (Fsp3) is 0.423. The maximum atomic E-state index is 13.1. The van der Waals surface area contributed by atoms with Crippen molar-refractivity contribution in [3.05, 3.63) is 84.4 Å². The van der Waals surface area contributed by atoms with Crippen molar-refractivity contribution < 1.29 is 9.90 Å². The monoisotopic (exact) mass is 419 g/mol. The summed E-state index contributed by atoms with van der Waals surface area (Å²) in [4.78, 5) is 17.7. The Morgan fingerprint density at radius 3 is 2.45 bits per heavy atom. The van der Waals surface area contributed by atoms with Crippen LogP contribution >= 0.6 is 0 Å². The van der Waals surface area contributed by atoms with Crippen LogP contribution in [0, 0.1) is 0 Å². The van der Waals surface area contributed by atoms with Gasteiger partial charge in [0, 0.05) is 25.7 Å². The van der Waals surface area contributed by atoms with E-state index in [2.05, 4.69) is 46.0 Å². The van der Waals surface area contributed by atoms with Gasteiger partial charge in [0.2, 0.25) is 5.91 Å². The summed E-state index contributed by atoms with van der Waals surface area (Å²) < 4.78 is 0. The van der Waals surface area contributed by atoms with Crippen molar-refractivity contribution in [1.29, 1.82) is 0 Å². The minimum Gasteiger partial charge on any atom is -0.391 e. The highest BCUT2D eigenvalue weighted by atomic mass is 16.3. The second-order valence-electron chi connectivity index (χ2n) is 8.86. The topological polar surface area (TPSA) is 55.8 Å². The summed E-state index contributed by atoms with van der Waals surface area (Å²) in [5.41, 5.74) is 2.34. The van der Waals surface area contributed by atoms with Crippen LogP contribution < -0.4 is 5.32 Å². The van der Waals surface area contributed by atoms with Crippen LogP contribution in [0.4, 0.5) is 0 Å². The van der Waals surface area contributed by atoms with Crippen LogP contribution in [0.1, 0.15) is 30.9 Å². The average Bonchev–Trinajstić information content (AvgIpc) is 3.18. The Kier molecular flexibility index (Phi) is 6.56. The highest BCUT2D eigenvalue weighted by molar-refractivity contribution is 5.82. The van der Waals surface area contributed by atoms with Gasteiger partial charge in [0.1, 0.15) is 6.04 Å². The molecule has 0 aliphatic carbocycles. The van der Waals surface area contributed by atoms with E-state index in [9.17, 15) is 9.90 Å². The number of carbonyl (C=O) groups excluding carboxylic acids is 1. The molecule has 0 radical (unpaired) electrons. The van der Waals surface area contributed by atoms with Crippen molar-refractivity contribution in [1.82, 2.24) is 15.1 Å². The first-order chi connectivity index (χ1) is 15.0. The highest BCUT2D eigenvalue weighted by Crippen LogP contribution is 2.45. The lowest BCUT2D eigenvalue weighted by molar-refractivity contribution is -0.149. The molecule has 164 valence electrons. The molecule has 2 saturated heterocycles. The number of aliphatic hydroxyl groups is 1. The number of likely N-dealkylation sites (tertiary alicyclic amines) is 2. The first-order valence-electron chi connectivity index (χ1n) is 11.2. The van der Waals surface area contributed by atoms with Crippen molar-refractivity contribution in [2.24, 2.45) is 0 Å². The fourth-order valence-electron chi connectivity index (χ4n) is 5.38. The molecule has 1 amide bonds. The summed E-state index contributed by atoms with van der Waals surface area (Å²) in [6.07, 6.45) is 3.43. The Bertz CT molecular complexity index is 886. The van der Waals surface area contributed by atoms with Crippen LogP contribution in [0.25, 0.3) is 0 Å². The smallest absolute Gasteiger partial charge is 0.240 e. The lowest BCUT2D eigenvalue weighted by atomic mass is 9.75. The van der Waals surface area contributed by atoms with Crippen molar-refractivity contribution in [3.8, 4) is 0 Å². The number of aliphatic hydroxyl groups excluding tert-OH is 1. The van der Waals surface area contributed by atoms with E-state index in [4.69, 9.17) is 0 Å². The molecule has 4 rings (SSSR count). The van der Waals surface area contributed by atoms with Gasteiger partial charge in [-0.15, -0.1) is 6.58 Å². The Morgan fingerprint density at radius 2 is 1.84 bits per heavy atom. The standard InChI is InChI=1S/C26H33N3O2/c1-3-23-26(15-10-16-28(26)18-22-13-8-5-9-14-22)19-29(23)24(20(2)30)25(31)27-17-21-11-6-4-7-12-21/h3-9,11-14,20,23-24,30H,1,10,15-19H2,2H3,(H,27,31)/t20-,23?,24+,26?/m1/s1. The molecule has 2 aliphatic heterocycles. The molecule has 2 unspecified atom stereocenters. The molecule has 0 aromatic heterocycles. The zero-order valence-electron chi connectivity index (χ0n) is 18.3. The minimum absolute atomic E-state index is 0.00948. The SMILES string of the molecule is C=CC1N([C@H](C(=O)NCc2ccccc2)[C@@H](C)O)CC12CCCN2Cc1ccccc1. The molecule has 4 atom stereocenters. The lowest BCUT2D eigenvalue weighted by Crippen LogP contribution is -2.77. The quantitative estimate of drug-likeness (QED) is 0.646. The van der Waals surface area contributed by atoms with Gasteiger partial charge in [-0.25, -0.2) is 0 Å². The summed E-state index contributed by atoms with van der Waals surface area (Å²) in [5, 5.41) is 13.5. The average molecular weight is 420 g/mol. The third kappa shape index (κ3) is 4.31. The molecular weight excluding hydrogens is 386 g/mol. The van der Waals surface area contributed by atoms with Crippen LogP contribution in [0.3, 0.4) is 0 Å². The van der Waals surface area contributed by atoms with Crippen molar-refractivity contribution in [3.63, 3.8) is 0 Å². The van der Waals surface area contributed by atoms with Crippen molar-refractivity contribution >= 4 is 5.91 Å². The molecule has 1 spiro atoms. The lowest BCUT2D eigenvalue weighted by Gasteiger charge is -2.61. The first-order valence-corrected chi connectivity index (χ1v) is 11.2. The van der Waals surface area contributed by atoms with Crippen LogP contribution in [0.5, 0.6) is 0 Å². The zero-order valence-corrected chi connectivity index (χ0v) is 18.3. The maximum absolute atomic E-state index is 13.1. The summed E-state index contributed by atoms with van der Waals surface area (Å²) in [6, 6.07) is 19.9. The molecule has 2 aromatic carbocycles. The van der Waals surface area contributed by atoms with Gasteiger partial charge in [-0.1, -0.05) is 66.7 Å². The summed E-state index contributed by atoms with van der Waals surface area (Å²) >= 11 is 0. The second kappa shape index (κ2) is 9.35. The molecule has 2 aromatic rings. The van der Waals surface area contributed by atoms with Gasteiger partial charge in [-0.05, 0) is 37.4 Å². The highest BCUT2D eigenvalue weighted by Gasteiger charge is 2.59. The van der Waals surface area contributed by atoms with Gasteiger partial charge in [0.15, 0.2) is 0 Å². The molecular formula is C26H33N3O2. The Hall–Kier alpha value is -2.47. The van der Waals surface area contributed by atoms with E-state index < -0.39 is 12.1 Å². The molecule has 0 bridgehead atoms. The van der Waals surface area contributed by atoms with E-state index in [1.807, 2.05) is 42.5 Å². The van der Waals surface area contributed by atoms with Gasteiger partial charge in [0.25, 0.3) is 0 Å². The predicted octanol–water partition coefficient (Wildman–Crippen LogP) is 2.96. The molecule has 2 fully saturated rings. The summed E-state index contributed by atoms with van der Waals surface area (Å²) in [5.74, 6) is -0.131. The fourth-order valence-corrected chi connectivity index (χ4v) is 5.38. The van der Waals surface area contributed by atoms with E-state index in [0.717, 1.165) is 38.0 Å².